The van der Waals surface area contributed by atoms with Crippen LogP contribution in [0.3, 0.4) is 0 Å². The van der Waals surface area contributed by atoms with Crippen LogP contribution in [0.1, 0.15) is 36.8 Å². The van der Waals surface area contributed by atoms with E-state index in [9.17, 15) is 0 Å². The van der Waals surface area contributed by atoms with Crippen molar-refractivity contribution in [3.05, 3.63) is 24.2 Å². The van der Waals surface area contributed by atoms with Gasteiger partial charge >= 0.3 is 0 Å². The summed E-state index contributed by atoms with van der Waals surface area (Å²) >= 11 is 4.18. The molecule has 2 fully saturated rings. The highest BCUT2D eigenvalue weighted by molar-refractivity contribution is 7.99. The Morgan fingerprint density at radius 3 is 3.05 bits per heavy atom. The molecule has 0 bridgehead atoms. The van der Waals surface area contributed by atoms with Gasteiger partial charge in [0, 0.05) is 12.7 Å². The predicted molar refractivity (Wildman–Crippen MR) is 92.0 cm³/mol. The highest BCUT2D eigenvalue weighted by atomic mass is 32.2. The zero-order chi connectivity index (χ0) is 14.1. The Balaban J connectivity index is 1.72. The summed E-state index contributed by atoms with van der Waals surface area (Å²) in [5.41, 5.74) is 2.17. The minimum absolute atomic E-state index is 0.571. The topological polar surface area (TPSA) is 30.7 Å². The van der Waals surface area contributed by atoms with Crippen LogP contribution in [0.15, 0.2) is 18.3 Å². The van der Waals surface area contributed by atoms with Crippen LogP contribution < -0.4 is 0 Å². The van der Waals surface area contributed by atoms with Crippen molar-refractivity contribution in [1.29, 1.82) is 0 Å². The lowest BCUT2D eigenvalue weighted by Gasteiger charge is -2.22. The number of fused-ring (bicyclic) bond motifs is 1. The molecule has 0 spiro atoms. The maximum absolute atomic E-state index is 4.95. The molecule has 112 valence electrons. The number of nitrogens with zero attached hydrogens (tertiary/aromatic N) is 3. The average Bonchev–Trinajstić information content (AvgIpc) is 3.17. The summed E-state index contributed by atoms with van der Waals surface area (Å²) in [4.78, 5) is 9.57. The molecule has 0 saturated carbocycles. The third kappa shape index (κ3) is 2.82. The van der Waals surface area contributed by atoms with Crippen LogP contribution in [-0.4, -0.2) is 31.8 Å². The van der Waals surface area contributed by atoms with Gasteiger partial charge < -0.3 is 4.57 Å². The third-order valence-corrected chi connectivity index (χ3v) is 7.07. The standard InChI is InChI=1S/C16H21N3S2/c1-2-8-21-14(5-1)16-18-13-4-3-7-17-15(13)19(16)10-12-6-9-20-11-12/h3-4,7,12,14H,1-2,5-6,8-11H2. The molecule has 0 amide bonds. The Hall–Kier alpha value is -0.680. The van der Waals surface area contributed by atoms with Crippen molar-refractivity contribution in [2.24, 2.45) is 5.92 Å². The van der Waals surface area contributed by atoms with Crippen LogP contribution in [0.5, 0.6) is 0 Å². The smallest absolute Gasteiger partial charge is 0.160 e. The van der Waals surface area contributed by atoms with Crippen molar-refractivity contribution in [3.63, 3.8) is 0 Å². The Morgan fingerprint density at radius 1 is 1.24 bits per heavy atom. The number of hydrogen-bond donors (Lipinski definition) is 0. The molecule has 0 radical (unpaired) electrons. The molecule has 0 N–H and O–H groups in total. The van der Waals surface area contributed by atoms with E-state index in [1.54, 1.807) is 0 Å². The molecule has 2 unspecified atom stereocenters. The first-order chi connectivity index (χ1) is 10.4. The zero-order valence-electron chi connectivity index (χ0n) is 12.2. The van der Waals surface area contributed by atoms with E-state index in [1.165, 1.54) is 48.8 Å². The molecule has 2 aromatic heterocycles. The van der Waals surface area contributed by atoms with Gasteiger partial charge in [-0.1, -0.05) is 6.42 Å². The number of aromatic nitrogens is 3. The fourth-order valence-electron chi connectivity index (χ4n) is 3.33. The largest absolute Gasteiger partial charge is 0.311 e. The molecule has 3 nitrogen and oxygen atoms in total. The molecular weight excluding hydrogens is 298 g/mol. The Kier molecular flexibility index (Phi) is 4.12. The van der Waals surface area contributed by atoms with E-state index in [4.69, 9.17) is 4.98 Å². The molecule has 2 saturated heterocycles. The van der Waals surface area contributed by atoms with Crippen LogP contribution in [0.4, 0.5) is 0 Å². The van der Waals surface area contributed by atoms with Gasteiger partial charge in [-0.2, -0.15) is 23.5 Å². The predicted octanol–water partition coefficient (Wildman–Crippen LogP) is 4.14. The summed E-state index contributed by atoms with van der Waals surface area (Å²) in [6, 6.07) is 4.11. The van der Waals surface area contributed by atoms with E-state index in [-0.39, 0.29) is 0 Å². The molecule has 0 aromatic carbocycles. The van der Waals surface area contributed by atoms with Crippen molar-refractivity contribution < 1.29 is 0 Å². The number of hydrogen-bond acceptors (Lipinski definition) is 4. The average molecular weight is 319 g/mol. The van der Waals surface area contributed by atoms with Crippen LogP contribution in [0.25, 0.3) is 11.2 Å². The number of imidazole rings is 1. The first-order valence-electron chi connectivity index (χ1n) is 7.92. The molecular formula is C16H21N3S2. The highest BCUT2D eigenvalue weighted by Crippen LogP contribution is 2.39. The van der Waals surface area contributed by atoms with Crippen molar-refractivity contribution >= 4 is 34.7 Å². The minimum atomic E-state index is 0.571. The number of rotatable bonds is 3. The molecule has 2 aliphatic heterocycles. The van der Waals surface area contributed by atoms with E-state index in [0.717, 1.165) is 23.6 Å². The summed E-state index contributed by atoms with van der Waals surface area (Å²) in [5.74, 6) is 5.97. The summed E-state index contributed by atoms with van der Waals surface area (Å²) in [6.45, 7) is 1.10. The van der Waals surface area contributed by atoms with Crippen molar-refractivity contribution in [3.8, 4) is 0 Å². The third-order valence-electron chi connectivity index (χ3n) is 4.47. The normalized spacial score (nSPS) is 26.5. The van der Waals surface area contributed by atoms with Gasteiger partial charge in [-0.25, -0.2) is 9.97 Å². The van der Waals surface area contributed by atoms with Gasteiger partial charge in [-0.3, -0.25) is 0 Å². The van der Waals surface area contributed by atoms with Crippen LogP contribution >= 0.6 is 23.5 Å². The van der Waals surface area contributed by atoms with E-state index in [2.05, 4.69) is 39.1 Å². The molecule has 4 heterocycles. The quantitative estimate of drug-likeness (QED) is 0.850. The van der Waals surface area contributed by atoms with Crippen LogP contribution in [0.2, 0.25) is 0 Å². The molecule has 21 heavy (non-hydrogen) atoms. The summed E-state index contributed by atoms with van der Waals surface area (Å²) in [6.07, 6.45) is 7.22. The summed E-state index contributed by atoms with van der Waals surface area (Å²) < 4.78 is 2.44. The Morgan fingerprint density at radius 2 is 2.24 bits per heavy atom. The molecule has 0 aliphatic carbocycles. The molecule has 4 rings (SSSR count). The van der Waals surface area contributed by atoms with Crippen LogP contribution in [0, 0.1) is 5.92 Å². The Bertz CT molecular complexity index is 613. The van der Waals surface area contributed by atoms with Crippen molar-refractivity contribution in [2.75, 3.05) is 17.3 Å². The van der Waals surface area contributed by atoms with Gasteiger partial charge in [0.1, 0.15) is 11.3 Å². The fourth-order valence-corrected chi connectivity index (χ4v) is 5.92. The molecule has 5 heteroatoms. The van der Waals surface area contributed by atoms with Gasteiger partial charge in [0.05, 0.1) is 5.25 Å². The number of thioether (sulfide) groups is 2. The minimum Gasteiger partial charge on any atom is -0.311 e. The first kappa shape index (κ1) is 13.9. The second-order valence-corrected chi connectivity index (χ2v) is 8.47. The summed E-state index contributed by atoms with van der Waals surface area (Å²) in [7, 11) is 0. The van der Waals surface area contributed by atoms with E-state index >= 15 is 0 Å². The SMILES string of the molecule is c1cnc2c(c1)nc(C1CCCCS1)n2CC1CCSC1. The van der Waals surface area contributed by atoms with Gasteiger partial charge in [0.15, 0.2) is 5.65 Å². The maximum atomic E-state index is 4.95. The summed E-state index contributed by atoms with van der Waals surface area (Å²) in [5, 5.41) is 0.571. The lowest BCUT2D eigenvalue weighted by Crippen LogP contribution is -2.16. The van der Waals surface area contributed by atoms with Crippen LogP contribution in [-0.2, 0) is 6.54 Å². The maximum Gasteiger partial charge on any atom is 0.160 e. The molecule has 2 atom stereocenters. The van der Waals surface area contributed by atoms with Gasteiger partial charge in [-0.15, -0.1) is 0 Å². The monoisotopic (exact) mass is 319 g/mol. The van der Waals surface area contributed by atoms with Gasteiger partial charge in [-0.05, 0) is 54.6 Å². The van der Waals surface area contributed by atoms with E-state index in [1.807, 2.05) is 12.3 Å². The first-order valence-corrected chi connectivity index (χ1v) is 10.1. The van der Waals surface area contributed by atoms with Crippen molar-refractivity contribution in [1.82, 2.24) is 14.5 Å². The number of pyridine rings is 1. The van der Waals surface area contributed by atoms with E-state index < -0.39 is 0 Å². The Labute approximate surface area is 134 Å². The lowest BCUT2D eigenvalue weighted by atomic mass is 10.1. The van der Waals surface area contributed by atoms with Gasteiger partial charge in [0.25, 0.3) is 0 Å². The second-order valence-electron chi connectivity index (χ2n) is 6.01. The lowest BCUT2D eigenvalue weighted by molar-refractivity contribution is 0.480. The zero-order valence-corrected chi connectivity index (χ0v) is 13.8. The van der Waals surface area contributed by atoms with Gasteiger partial charge in [0.2, 0.25) is 0 Å². The van der Waals surface area contributed by atoms with Crippen molar-refractivity contribution in [2.45, 2.75) is 37.5 Å². The second kappa shape index (κ2) is 6.21. The molecule has 2 aromatic rings. The molecule has 2 aliphatic rings. The highest BCUT2D eigenvalue weighted by Gasteiger charge is 2.25. The van der Waals surface area contributed by atoms with E-state index in [0.29, 0.717) is 5.25 Å². The fraction of sp³-hybridized carbons (Fsp3) is 0.625.